The van der Waals surface area contributed by atoms with Crippen LogP contribution in [-0.4, -0.2) is 54.5 Å². The second-order valence-corrected chi connectivity index (χ2v) is 6.60. The van der Waals surface area contributed by atoms with Crippen molar-refractivity contribution in [3.63, 3.8) is 0 Å². The highest BCUT2D eigenvalue weighted by atomic mass is 35.5. The number of nitrogens with zero attached hydrogens (tertiary/aromatic N) is 2. The van der Waals surface area contributed by atoms with E-state index in [-0.39, 0.29) is 12.0 Å². The molecule has 4 nitrogen and oxygen atoms in total. The summed E-state index contributed by atoms with van der Waals surface area (Å²) in [6, 6.07) is 7.20. The zero-order valence-electron chi connectivity index (χ0n) is 13.3. The Labute approximate surface area is 142 Å². The molecule has 1 atom stereocenters. The third-order valence-corrected chi connectivity index (χ3v) is 4.67. The van der Waals surface area contributed by atoms with E-state index in [1.807, 2.05) is 23.3 Å². The molecule has 0 bridgehead atoms. The molecule has 0 N–H and O–H groups in total. The van der Waals surface area contributed by atoms with Crippen LogP contribution in [0.4, 0.5) is 0 Å². The van der Waals surface area contributed by atoms with Gasteiger partial charge in [-0.3, -0.25) is 9.69 Å². The predicted octanol–water partition coefficient (Wildman–Crippen LogP) is 3.18. The molecule has 0 saturated carbocycles. The van der Waals surface area contributed by atoms with Crippen LogP contribution in [0.5, 0.6) is 0 Å². The molecule has 1 amide bonds. The summed E-state index contributed by atoms with van der Waals surface area (Å²) in [5, 5.41) is 0.606. The van der Waals surface area contributed by atoms with Gasteiger partial charge in [-0.1, -0.05) is 17.7 Å². The second kappa shape index (κ2) is 7.84. The number of amides is 1. The van der Waals surface area contributed by atoms with Crippen molar-refractivity contribution < 1.29 is 9.53 Å². The Morgan fingerprint density at radius 3 is 2.96 bits per heavy atom. The van der Waals surface area contributed by atoms with Crippen LogP contribution in [0.3, 0.4) is 0 Å². The van der Waals surface area contributed by atoms with Gasteiger partial charge in [0.2, 0.25) is 0 Å². The number of rotatable bonds is 3. The summed E-state index contributed by atoms with van der Waals surface area (Å²) < 4.78 is 5.66. The normalized spacial score (nSPS) is 22.5. The fourth-order valence-corrected chi connectivity index (χ4v) is 3.36. The van der Waals surface area contributed by atoms with Crippen LogP contribution in [0.1, 0.15) is 29.6 Å². The highest BCUT2D eigenvalue weighted by Crippen LogP contribution is 2.16. The zero-order valence-corrected chi connectivity index (χ0v) is 14.0. The number of halogens is 1. The van der Waals surface area contributed by atoms with Crippen molar-refractivity contribution >= 4 is 17.5 Å². The molecule has 2 aliphatic rings. The average Bonchev–Trinajstić information content (AvgIpc) is 2.81. The number of carbonyl (C=O) groups excluding carboxylic acids is 1. The van der Waals surface area contributed by atoms with Gasteiger partial charge in [-0.25, -0.2) is 0 Å². The van der Waals surface area contributed by atoms with Gasteiger partial charge in [0.15, 0.2) is 0 Å². The van der Waals surface area contributed by atoms with Crippen molar-refractivity contribution in [3.8, 4) is 0 Å². The number of hydrogen-bond donors (Lipinski definition) is 0. The Kier molecular flexibility index (Phi) is 5.57. The first-order chi connectivity index (χ1) is 11.2. The van der Waals surface area contributed by atoms with E-state index in [0.29, 0.717) is 10.6 Å². The molecule has 124 valence electrons. The Balaban J connectivity index is 1.55. The second-order valence-electron chi connectivity index (χ2n) is 6.16. The summed E-state index contributed by atoms with van der Waals surface area (Å²) in [7, 11) is 0. The molecule has 0 unspecified atom stereocenters. The van der Waals surface area contributed by atoms with Crippen molar-refractivity contribution in [1.82, 2.24) is 9.80 Å². The molecule has 1 aromatic rings. The monoisotopic (exact) mass is 334 g/mol. The topological polar surface area (TPSA) is 32.8 Å². The smallest absolute Gasteiger partial charge is 0.253 e. The van der Waals surface area contributed by atoms with Crippen LogP contribution in [0.15, 0.2) is 36.6 Å². The largest absolute Gasteiger partial charge is 0.497 e. The molecular formula is C18H23ClN2O2. The fourth-order valence-electron chi connectivity index (χ4n) is 3.17. The summed E-state index contributed by atoms with van der Waals surface area (Å²) in [6.45, 7) is 4.42. The van der Waals surface area contributed by atoms with Gasteiger partial charge in [0.05, 0.1) is 6.26 Å². The van der Waals surface area contributed by atoms with Crippen LogP contribution in [0.25, 0.3) is 0 Å². The van der Waals surface area contributed by atoms with Crippen molar-refractivity contribution in [2.45, 2.75) is 25.4 Å². The SMILES string of the molecule is O=C(c1cccc(Cl)c1)N1CCCN(C[C@@H]2CCC=CO2)CC1. The summed E-state index contributed by atoms with van der Waals surface area (Å²) >= 11 is 5.99. The molecular weight excluding hydrogens is 312 g/mol. The Morgan fingerprint density at radius 1 is 1.26 bits per heavy atom. The molecule has 1 aromatic carbocycles. The lowest BCUT2D eigenvalue weighted by molar-refractivity contribution is 0.0726. The number of benzene rings is 1. The van der Waals surface area contributed by atoms with E-state index in [4.69, 9.17) is 16.3 Å². The minimum atomic E-state index is 0.0752. The maximum atomic E-state index is 12.6. The lowest BCUT2D eigenvalue weighted by atomic mass is 10.1. The Hall–Kier alpha value is -1.52. The van der Waals surface area contributed by atoms with Gasteiger partial charge in [0.1, 0.15) is 6.10 Å². The van der Waals surface area contributed by atoms with Crippen molar-refractivity contribution in [2.24, 2.45) is 0 Å². The van der Waals surface area contributed by atoms with Crippen LogP contribution >= 0.6 is 11.6 Å². The summed E-state index contributed by atoms with van der Waals surface area (Å²) in [6.07, 6.45) is 7.35. The predicted molar refractivity (Wildman–Crippen MR) is 91.7 cm³/mol. The third-order valence-electron chi connectivity index (χ3n) is 4.43. The van der Waals surface area contributed by atoms with Crippen molar-refractivity contribution in [1.29, 1.82) is 0 Å². The highest BCUT2D eigenvalue weighted by Gasteiger charge is 2.22. The van der Waals surface area contributed by atoms with E-state index in [9.17, 15) is 4.79 Å². The first-order valence-electron chi connectivity index (χ1n) is 8.30. The summed E-state index contributed by atoms with van der Waals surface area (Å²) in [4.78, 5) is 17.0. The minimum Gasteiger partial charge on any atom is -0.497 e. The molecule has 5 heteroatoms. The lowest BCUT2D eigenvalue weighted by Crippen LogP contribution is -2.38. The first kappa shape index (κ1) is 16.3. The molecule has 0 aromatic heterocycles. The molecule has 0 spiro atoms. The van der Waals surface area contributed by atoms with Crippen LogP contribution in [-0.2, 0) is 4.74 Å². The maximum Gasteiger partial charge on any atom is 0.253 e. The minimum absolute atomic E-state index is 0.0752. The number of hydrogen-bond acceptors (Lipinski definition) is 3. The van der Waals surface area contributed by atoms with Gasteiger partial charge in [-0.05, 0) is 43.5 Å². The van der Waals surface area contributed by atoms with E-state index in [1.165, 1.54) is 0 Å². The van der Waals surface area contributed by atoms with Gasteiger partial charge in [0.25, 0.3) is 5.91 Å². The Morgan fingerprint density at radius 2 is 2.17 bits per heavy atom. The van der Waals surface area contributed by atoms with Crippen LogP contribution in [0, 0.1) is 0 Å². The van der Waals surface area contributed by atoms with E-state index in [0.717, 1.165) is 52.0 Å². The highest BCUT2D eigenvalue weighted by molar-refractivity contribution is 6.30. The van der Waals surface area contributed by atoms with E-state index < -0.39 is 0 Å². The number of ether oxygens (including phenoxy) is 1. The summed E-state index contributed by atoms with van der Waals surface area (Å²) in [5.74, 6) is 0.0752. The summed E-state index contributed by atoms with van der Waals surface area (Å²) in [5.41, 5.74) is 0.673. The molecule has 2 heterocycles. The average molecular weight is 335 g/mol. The van der Waals surface area contributed by atoms with Gasteiger partial charge >= 0.3 is 0 Å². The zero-order chi connectivity index (χ0) is 16.1. The molecule has 3 rings (SSSR count). The van der Waals surface area contributed by atoms with Gasteiger partial charge in [0, 0.05) is 43.3 Å². The third kappa shape index (κ3) is 4.49. The van der Waals surface area contributed by atoms with Gasteiger partial charge in [-0.15, -0.1) is 0 Å². The molecule has 2 aliphatic heterocycles. The van der Waals surface area contributed by atoms with Crippen molar-refractivity contribution in [2.75, 3.05) is 32.7 Å². The van der Waals surface area contributed by atoms with Gasteiger partial charge in [-0.2, -0.15) is 0 Å². The Bertz CT molecular complexity index is 576. The standard InChI is InChI=1S/C18H23ClN2O2/c19-16-6-3-5-15(13-16)18(22)21-9-4-8-20(10-11-21)14-17-7-1-2-12-23-17/h2-3,5-6,12-13,17H,1,4,7-11,14H2/t17-/m0/s1. The van der Waals surface area contributed by atoms with Crippen LogP contribution < -0.4 is 0 Å². The van der Waals surface area contributed by atoms with Gasteiger partial charge < -0.3 is 9.64 Å². The van der Waals surface area contributed by atoms with Crippen LogP contribution in [0.2, 0.25) is 5.02 Å². The maximum absolute atomic E-state index is 12.6. The molecule has 23 heavy (non-hydrogen) atoms. The molecule has 0 radical (unpaired) electrons. The number of carbonyl (C=O) groups is 1. The quantitative estimate of drug-likeness (QED) is 0.851. The fraction of sp³-hybridized carbons (Fsp3) is 0.500. The molecule has 0 aliphatic carbocycles. The lowest BCUT2D eigenvalue weighted by Gasteiger charge is -2.27. The van der Waals surface area contributed by atoms with Crippen molar-refractivity contribution in [3.05, 3.63) is 47.2 Å². The van der Waals surface area contributed by atoms with E-state index in [1.54, 1.807) is 12.1 Å². The first-order valence-corrected chi connectivity index (χ1v) is 8.68. The number of allylic oxidation sites excluding steroid dienone is 1. The molecule has 1 fully saturated rings. The van der Waals surface area contributed by atoms with E-state index >= 15 is 0 Å². The molecule has 1 saturated heterocycles. The van der Waals surface area contributed by atoms with E-state index in [2.05, 4.69) is 11.0 Å².